The van der Waals surface area contributed by atoms with Crippen molar-refractivity contribution in [2.24, 2.45) is 0 Å². The fraction of sp³-hybridized carbons (Fsp3) is 0.297. The number of methoxy groups -OCH3 is 3. The van der Waals surface area contributed by atoms with Gasteiger partial charge in [0.15, 0.2) is 11.5 Å². The summed E-state index contributed by atoms with van der Waals surface area (Å²) in [5, 5.41) is 3.18. The Balaban J connectivity index is 1.88. The van der Waals surface area contributed by atoms with E-state index in [1.807, 2.05) is 68.4 Å². The highest BCUT2D eigenvalue weighted by Gasteiger charge is 2.36. The first kappa shape index (κ1) is 37.1. The predicted molar refractivity (Wildman–Crippen MR) is 191 cm³/mol. The number of sulfonamides is 1. The zero-order valence-corrected chi connectivity index (χ0v) is 29.9. The van der Waals surface area contributed by atoms with E-state index < -0.39 is 28.5 Å². The Bertz CT molecular complexity index is 1850. The third-order valence-electron chi connectivity index (χ3n) is 7.89. The Morgan fingerprint density at radius 2 is 1.49 bits per heavy atom. The van der Waals surface area contributed by atoms with Crippen molar-refractivity contribution in [3.63, 3.8) is 0 Å². The quantitative estimate of drug-likeness (QED) is 0.151. The van der Waals surface area contributed by atoms with Gasteiger partial charge in [0.25, 0.3) is 10.0 Å². The standard InChI is InChI=1S/C37H42ClN3O7S/c1-6-19-39-37(43)32(21-27-12-8-7-9-13-27)40(24-28-14-10-11-26(2)20-28)36(42)25-41(31-22-29(38)15-17-33(31)46-3)49(44,45)30-16-18-34(47-4)35(23-30)48-5/h7-18,20,22-23,32H,6,19,21,24-25H2,1-5H3,(H,39,43). The number of halogens is 1. The summed E-state index contributed by atoms with van der Waals surface area (Å²) in [5.74, 6) is -0.269. The Hall–Kier alpha value is -4.74. The molecule has 12 heteroatoms. The van der Waals surface area contributed by atoms with Gasteiger partial charge in [-0.1, -0.05) is 78.7 Å². The Labute approximate surface area is 293 Å². The summed E-state index contributed by atoms with van der Waals surface area (Å²) in [5.41, 5.74) is 2.64. The molecule has 0 heterocycles. The van der Waals surface area contributed by atoms with E-state index in [-0.39, 0.29) is 46.0 Å². The zero-order valence-electron chi connectivity index (χ0n) is 28.3. The molecule has 1 atom stereocenters. The summed E-state index contributed by atoms with van der Waals surface area (Å²) in [7, 11) is -0.239. The molecule has 1 unspecified atom stereocenters. The minimum atomic E-state index is -4.48. The minimum Gasteiger partial charge on any atom is -0.495 e. The van der Waals surface area contributed by atoms with Crippen LogP contribution in [-0.4, -0.2) is 65.6 Å². The van der Waals surface area contributed by atoms with E-state index in [0.29, 0.717) is 18.7 Å². The highest BCUT2D eigenvalue weighted by atomic mass is 35.5. The molecule has 0 aliphatic carbocycles. The maximum absolute atomic E-state index is 14.7. The number of benzene rings is 4. The second kappa shape index (κ2) is 17.1. The molecule has 4 aromatic carbocycles. The van der Waals surface area contributed by atoms with Gasteiger partial charge in [-0.3, -0.25) is 13.9 Å². The van der Waals surface area contributed by atoms with E-state index in [4.69, 9.17) is 25.8 Å². The molecule has 0 radical (unpaired) electrons. The predicted octanol–water partition coefficient (Wildman–Crippen LogP) is 6.04. The van der Waals surface area contributed by atoms with Crippen LogP contribution in [0.3, 0.4) is 0 Å². The summed E-state index contributed by atoms with van der Waals surface area (Å²) in [6.45, 7) is 3.67. The van der Waals surface area contributed by atoms with Crippen LogP contribution < -0.4 is 23.8 Å². The van der Waals surface area contributed by atoms with Crippen molar-refractivity contribution in [3.05, 3.63) is 113 Å². The molecule has 0 saturated heterocycles. The second-order valence-corrected chi connectivity index (χ2v) is 13.7. The van der Waals surface area contributed by atoms with Crippen LogP contribution in [0.25, 0.3) is 0 Å². The van der Waals surface area contributed by atoms with Crippen molar-refractivity contribution >= 4 is 39.1 Å². The molecule has 0 spiro atoms. The van der Waals surface area contributed by atoms with Crippen LogP contribution in [0.1, 0.15) is 30.0 Å². The first-order valence-electron chi connectivity index (χ1n) is 15.8. The van der Waals surface area contributed by atoms with Crippen LogP contribution in [0.2, 0.25) is 5.02 Å². The van der Waals surface area contributed by atoms with Crippen LogP contribution in [0, 0.1) is 6.92 Å². The SMILES string of the molecule is CCCNC(=O)C(Cc1ccccc1)N(Cc1cccc(C)c1)C(=O)CN(c1cc(Cl)ccc1OC)S(=O)(=O)c1ccc(OC)c(OC)c1. The third-order valence-corrected chi connectivity index (χ3v) is 9.88. The normalized spacial score (nSPS) is 11.7. The highest BCUT2D eigenvalue weighted by Crippen LogP contribution is 2.37. The van der Waals surface area contributed by atoms with Crippen molar-refractivity contribution in [1.29, 1.82) is 0 Å². The van der Waals surface area contributed by atoms with E-state index in [1.54, 1.807) is 6.07 Å². The van der Waals surface area contributed by atoms with Gasteiger partial charge in [0.1, 0.15) is 18.3 Å². The van der Waals surface area contributed by atoms with E-state index >= 15 is 0 Å². The number of amides is 2. The number of carbonyl (C=O) groups excluding carboxylic acids is 2. The molecule has 4 rings (SSSR count). The maximum atomic E-state index is 14.7. The van der Waals surface area contributed by atoms with Crippen molar-refractivity contribution < 1.29 is 32.2 Å². The molecule has 4 aromatic rings. The fourth-order valence-electron chi connectivity index (χ4n) is 5.40. The molecule has 0 aromatic heterocycles. The molecular formula is C37H42ClN3O7S. The van der Waals surface area contributed by atoms with E-state index in [9.17, 15) is 18.0 Å². The average Bonchev–Trinajstić information content (AvgIpc) is 3.10. The molecule has 2 amide bonds. The summed E-state index contributed by atoms with van der Waals surface area (Å²) in [6.07, 6.45) is 0.901. The fourth-order valence-corrected chi connectivity index (χ4v) is 7.00. The number of anilines is 1. The summed E-state index contributed by atoms with van der Waals surface area (Å²) in [6, 6.07) is 24.7. The van der Waals surface area contributed by atoms with E-state index in [0.717, 1.165) is 21.0 Å². The molecular weight excluding hydrogens is 666 g/mol. The maximum Gasteiger partial charge on any atom is 0.265 e. The molecule has 260 valence electrons. The van der Waals surface area contributed by atoms with Crippen LogP contribution in [0.15, 0.2) is 95.9 Å². The molecule has 0 aliphatic rings. The first-order chi connectivity index (χ1) is 23.5. The summed E-state index contributed by atoms with van der Waals surface area (Å²) in [4.78, 5) is 29.9. The summed E-state index contributed by atoms with van der Waals surface area (Å²) >= 11 is 6.39. The van der Waals surface area contributed by atoms with Crippen molar-refractivity contribution in [1.82, 2.24) is 10.2 Å². The van der Waals surface area contributed by atoms with Gasteiger partial charge in [-0.05, 0) is 54.8 Å². The first-order valence-corrected chi connectivity index (χ1v) is 17.6. The zero-order chi connectivity index (χ0) is 35.6. The van der Waals surface area contributed by atoms with Crippen LogP contribution in [0.5, 0.6) is 17.2 Å². The van der Waals surface area contributed by atoms with Crippen LogP contribution in [-0.2, 0) is 32.6 Å². The van der Waals surface area contributed by atoms with E-state index in [2.05, 4.69) is 5.32 Å². The second-order valence-electron chi connectivity index (χ2n) is 11.4. The summed E-state index contributed by atoms with van der Waals surface area (Å²) < 4.78 is 46.3. The number of hydrogen-bond acceptors (Lipinski definition) is 7. The molecule has 1 N–H and O–H groups in total. The lowest BCUT2D eigenvalue weighted by atomic mass is 10.0. The van der Waals surface area contributed by atoms with Gasteiger partial charge in [0, 0.05) is 30.6 Å². The molecule has 0 fully saturated rings. The van der Waals surface area contributed by atoms with Crippen molar-refractivity contribution in [2.45, 2.75) is 44.2 Å². The van der Waals surface area contributed by atoms with Crippen molar-refractivity contribution in [2.75, 3.05) is 38.7 Å². The molecule has 0 bridgehead atoms. The van der Waals surface area contributed by atoms with Gasteiger partial charge in [-0.2, -0.15) is 0 Å². The Morgan fingerprint density at radius 1 is 0.816 bits per heavy atom. The van der Waals surface area contributed by atoms with Gasteiger partial charge in [0.2, 0.25) is 11.8 Å². The van der Waals surface area contributed by atoms with Gasteiger partial charge < -0.3 is 24.4 Å². The lowest BCUT2D eigenvalue weighted by molar-refractivity contribution is -0.140. The number of ether oxygens (including phenoxy) is 3. The van der Waals surface area contributed by atoms with Crippen LogP contribution >= 0.6 is 11.6 Å². The Morgan fingerprint density at radius 3 is 2.14 bits per heavy atom. The monoisotopic (exact) mass is 707 g/mol. The number of aryl methyl sites for hydroxylation is 1. The number of carbonyl (C=O) groups is 2. The number of nitrogens with zero attached hydrogens (tertiary/aromatic N) is 2. The highest BCUT2D eigenvalue weighted by molar-refractivity contribution is 7.92. The van der Waals surface area contributed by atoms with Gasteiger partial charge in [0.05, 0.1) is 31.9 Å². The van der Waals surface area contributed by atoms with Crippen LogP contribution in [0.4, 0.5) is 5.69 Å². The number of nitrogens with one attached hydrogen (secondary N) is 1. The molecule has 0 aliphatic heterocycles. The topological polar surface area (TPSA) is 114 Å². The minimum absolute atomic E-state index is 0.0451. The van der Waals surface area contributed by atoms with E-state index in [1.165, 1.54) is 56.6 Å². The largest absolute Gasteiger partial charge is 0.495 e. The average molecular weight is 708 g/mol. The van der Waals surface area contributed by atoms with Gasteiger partial charge >= 0.3 is 0 Å². The smallest absolute Gasteiger partial charge is 0.265 e. The lowest BCUT2D eigenvalue weighted by Gasteiger charge is -2.34. The molecule has 0 saturated carbocycles. The lowest BCUT2D eigenvalue weighted by Crippen LogP contribution is -2.53. The van der Waals surface area contributed by atoms with Crippen molar-refractivity contribution in [3.8, 4) is 17.2 Å². The molecule has 10 nitrogen and oxygen atoms in total. The number of hydrogen-bond donors (Lipinski definition) is 1. The Kier molecular flexibility index (Phi) is 12.9. The number of rotatable bonds is 16. The third kappa shape index (κ3) is 9.24. The molecule has 49 heavy (non-hydrogen) atoms. The van der Waals surface area contributed by atoms with Gasteiger partial charge in [-0.25, -0.2) is 8.42 Å². The van der Waals surface area contributed by atoms with Gasteiger partial charge in [-0.15, -0.1) is 0 Å².